The van der Waals surface area contributed by atoms with Crippen molar-refractivity contribution >= 4 is 17.2 Å². The summed E-state index contributed by atoms with van der Waals surface area (Å²) in [5.41, 5.74) is 0. The maximum absolute atomic E-state index is 12.1. The zero-order valence-corrected chi connectivity index (χ0v) is 14.5. The van der Waals surface area contributed by atoms with Gasteiger partial charge in [0, 0.05) is 42.0 Å². The van der Waals surface area contributed by atoms with Crippen LogP contribution in [0.2, 0.25) is 0 Å². The fraction of sp³-hybridized carbons (Fsp3) is 0.688. The molecule has 0 aliphatic carbocycles. The lowest BCUT2D eigenvalue weighted by Crippen LogP contribution is -2.55. The van der Waals surface area contributed by atoms with Crippen LogP contribution in [0.1, 0.15) is 23.6 Å². The predicted molar refractivity (Wildman–Crippen MR) is 90.1 cm³/mol. The van der Waals surface area contributed by atoms with Crippen molar-refractivity contribution in [3.05, 3.63) is 21.9 Å². The van der Waals surface area contributed by atoms with Crippen molar-refractivity contribution in [2.45, 2.75) is 39.5 Å². The van der Waals surface area contributed by atoms with E-state index in [1.807, 2.05) is 6.92 Å². The summed E-state index contributed by atoms with van der Waals surface area (Å²) >= 11 is 1.72. The van der Waals surface area contributed by atoms with Gasteiger partial charge >= 0.3 is 0 Å². The molecule has 2 heterocycles. The van der Waals surface area contributed by atoms with E-state index in [0.29, 0.717) is 25.7 Å². The zero-order valence-electron chi connectivity index (χ0n) is 13.7. The molecule has 1 aromatic heterocycles. The van der Waals surface area contributed by atoms with Crippen molar-refractivity contribution < 1.29 is 9.90 Å². The number of piperazine rings is 1. The average molecular weight is 325 g/mol. The second-order valence-corrected chi connectivity index (χ2v) is 7.59. The second kappa shape index (κ2) is 8.06. The van der Waals surface area contributed by atoms with E-state index in [-0.39, 0.29) is 12.0 Å². The minimum absolute atomic E-state index is 0.0854. The van der Waals surface area contributed by atoms with E-state index in [1.54, 1.807) is 11.3 Å². The second-order valence-electron chi connectivity index (χ2n) is 6.22. The Kier molecular flexibility index (Phi) is 6.37. The van der Waals surface area contributed by atoms with Crippen LogP contribution in [0, 0.1) is 6.92 Å². The number of thiophene rings is 1. The van der Waals surface area contributed by atoms with Gasteiger partial charge in [-0.05, 0) is 32.9 Å². The van der Waals surface area contributed by atoms with Crippen molar-refractivity contribution in [2.24, 2.45) is 0 Å². The highest BCUT2D eigenvalue weighted by Crippen LogP contribution is 2.14. The number of carbonyl (C=O) groups is 1. The van der Waals surface area contributed by atoms with Gasteiger partial charge in [0.05, 0.1) is 19.2 Å². The maximum atomic E-state index is 12.1. The molecule has 2 N–H and O–H groups in total. The SMILES string of the molecule is Cc1ccc(CNC(=O)CN2CCN(C[C@@H](C)O)[C@@H](C)C2)s1. The standard InChI is InChI=1S/C16H27N3O2S/c1-12-9-18(6-7-19(12)10-13(2)20)11-16(21)17-8-15-5-4-14(3)22-15/h4-5,12-13,20H,6-11H2,1-3H3,(H,17,21)/t12-,13+/m0/s1. The molecule has 1 aliphatic heterocycles. The number of nitrogens with zero attached hydrogens (tertiary/aromatic N) is 2. The Labute approximate surface area is 136 Å². The molecule has 0 bridgehead atoms. The Bertz CT molecular complexity index is 489. The highest BCUT2D eigenvalue weighted by atomic mass is 32.1. The molecule has 0 saturated carbocycles. The maximum Gasteiger partial charge on any atom is 0.234 e. The number of aliphatic hydroxyl groups is 1. The molecular weight excluding hydrogens is 298 g/mol. The number of β-amino-alcohol motifs (C(OH)–C–C–N with tert-alkyl or cyclic N) is 1. The van der Waals surface area contributed by atoms with Gasteiger partial charge in [0.1, 0.15) is 0 Å². The van der Waals surface area contributed by atoms with Gasteiger partial charge in [0.25, 0.3) is 0 Å². The van der Waals surface area contributed by atoms with Crippen molar-refractivity contribution in [1.29, 1.82) is 0 Å². The van der Waals surface area contributed by atoms with E-state index in [2.05, 4.69) is 41.1 Å². The molecule has 0 radical (unpaired) electrons. The summed E-state index contributed by atoms with van der Waals surface area (Å²) < 4.78 is 0. The number of nitrogens with one attached hydrogen (secondary N) is 1. The van der Waals surface area contributed by atoms with E-state index in [0.717, 1.165) is 19.6 Å². The lowest BCUT2D eigenvalue weighted by Gasteiger charge is -2.40. The van der Waals surface area contributed by atoms with Gasteiger partial charge in [0.2, 0.25) is 5.91 Å². The van der Waals surface area contributed by atoms with E-state index in [1.165, 1.54) is 9.75 Å². The number of hydrogen-bond acceptors (Lipinski definition) is 5. The minimum atomic E-state index is -0.299. The molecule has 22 heavy (non-hydrogen) atoms. The van der Waals surface area contributed by atoms with Crippen molar-refractivity contribution in [3.8, 4) is 0 Å². The molecule has 1 amide bonds. The number of amides is 1. The summed E-state index contributed by atoms with van der Waals surface area (Å²) in [7, 11) is 0. The summed E-state index contributed by atoms with van der Waals surface area (Å²) in [5.74, 6) is 0.0854. The Hall–Kier alpha value is -0.950. The third kappa shape index (κ3) is 5.35. The first-order valence-electron chi connectivity index (χ1n) is 7.90. The van der Waals surface area contributed by atoms with Crippen LogP contribution in [-0.4, -0.2) is 65.7 Å². The molecular formula is C16H27N3O2S. The van der Waals surface area contributed by atoms with Gasteiger partial charge in [-0.1, -0.05) is 0 Å². The summed E-state index contributed by atoms with van der Waals surface area (Å²) in [6.07, 6.45) is -0.299. The van der Waals surface area contributed by atoms with Gasteiger partial charge in [0.15, 0.2) is 0 Å². The molecule has 6 heteroatoms. The van der Waals surface area contributed by atoms with Gasteiger partial charge in [-0.2, -0.15) is 0 Å². The van der Waals surface area contributed by atoms with Crippen LogP contribution in [-0.2, 0) is 11.3 Å². The largest absolute Gasteiger partial charge is 0.392 e. The van der Waals surface area contributed by atoms with Crippen molar-refractivity contribution in [1.82, 2.24) is 15.1 Å². The quantitative estimate of drug-likeness (QED) is 0.821. The topological polar surface area (TPSA) is 55.8 Å². The van der Waals surface area contributed by atoms with E-state index >= 15 is 0 Å². The summed E-state index contributed by atoms with van der Waals surface area (Å²) in [5, 5.41) is 12.5. The molecule has 1 aromatic rings. The van der Waals surface area contributed by atoms with E-state index in [9.17, 15) is 9.90 Å². The van der Waals surface area contributed by atoms with Crippen LogP contribution in [0.15, 0.2) is 12.1 Å². The van der Waals surface area contributed by atoms with Crippen molar-refractivity contribution in [3.63, 3.8) is 0 Å². The summed E-state index contributed by atoms with van der Waals surface area (Å²) in [6.45, 7) is 10.5. The molecule has 0 spiro atoms. The first-order chi connectivity index (χ1) is 10.4. The lowest BCUT2D eigenvalue weighted by molar-refractivity contribution is -0.123. The first-order valence-corrected chi connectivity index (χ1v) is 8.72. The Morgan fingerprint density at radius 3 is 2.86 bits per heavy atom. The molecule has 1 saturated heterocycles. The minimum Gasteiger partial charge on any atom is -0.392 e. The number of aryl methyl sites for hydroxylation is 1. The number of aliphatic hydroxyl groups excluding tert-OH is 1. The molecule has 0 aromatic carbocycles. The Morgan fingerprint density at radius 1 is 1.50 bits per heavy atom. The van der Waals surface area contributed by atoms with Crippen LogP contribution in [0.25, 0.3) is 0 Å². The van der Waals surface area contributed by atoms with Crippen LogP contribution in [0.4, 0.5) is 0 Å². The highest BCUT2D eigenvalue weighted by Gasteiger charge is 2.25. The average Bonchev–Trinajstić information content (AvgIpc) is 2.85. The fourth-order valence-corrected chi connectivity index (χ4v) is 3.68. The molecule has 2 rings (SSSR count). The Morgan fingerprint density at radius 2 is 2.27 bits per heavy atom. The van der Waals surface area contributed by atoms with Crippen LogP contribution >= 0.6 is 11.3 Å². The van der Waals surface area contributed by atoms with Crippen molar-refractivity contribution in [2.75, 3.05) is 32.7 Å². The van der Waals surface area contributed by atoms with E-state index < -0.39 is 0 Å². The third-order valence-electron chi connectivity index (χ3n) is 3.97. The summed E-state index contributed by atoms with van der Waals surface area (Å²) in [6, 6.07) is 4.52. The molecule has 1 fully saturated rings. The molecule has 0 unspecified atom stereocenters. The van der Waals surface area contributed by atoms with Gasteiger partial charge in [-0.3, -0.25) is 14.6 Å². The molecule has 2 atom stereocenters. The number of hydrogen-bond donors (Lipinski definition) is 2. The smallest absolute Gasteiger partial charge is 0.234 e. The van der Waals surface area contributed by atoms with Gasteiger partial charge < -0.3 is 10.4 Å². The van der Waals surface area contributed by atoms with Gasteiger partial charge in [-0.15, -0.1) is 11.3 Å². The molecule has 1 aliphatic rings. The highest BCUT2D eigenvalue weighted by molar-refractivity contribution is 7.11. The van der Waals surface area contributed by atoms with Crippen LogP contribution < -0.4 is 5.32 Å². The van der Waals surface area contributed by atoms with Crippen LogP contribution in [0.3, 0.4) is 0 Å². The monoisotopic (exact) mass is 325 g/mol. The molecule has 124 valence electrons. The van der Waals surface area contributed by atoms with Gasteiger partial charge in [-0.25, -0.2) is 0 Å². The molecule has 5 nitrogen and oxygen atoms in total. The first kappa shape index (κ1) is 17.4. The fourth-order valence-electron chi connectivity index (χ4n) is 2.85. The lowest BCUT2D eigenvalue weighted by atomic mass is 10.1. The number of rotatable bonds is 6. The summed E-state index contributed by atoms with van der Waals surface area (Å²) in [4.78, 5) is 19.0. The predicted octanol–water partition coefficient (Wildman–Crippen LogP) is 1.06. The third-order valence-corrected chi connectivity index (χ3v) is 4.97. The van der Waals surface area contributed by atoms with E-state index in [4.69, 9.17) is 0 Å². The Balaban J connectivity index is 1.71. The zero-order chi connectivity index (χ0) is 16.1. The van der Waals surface area contributed by atoms with Crippen LogP contribution in [0.5, 0.6) is 0 Å². The normalized spacial score (nSPS) is 21.7. The number of carbonyl (C=O) groups excluding carboxylic acids is 1.